The van der Waals surface area contributed by atoms with Gasteiger partial charge < -0.3 is 20.7 Å². The third-order valence-corrected chi connectivity index (χ3v) is 3.87. The van der Waals surface area contributed by atoms with Gasteiger partial charge in [0.25, 0.3) is 0 Å². The summed E-state index contributed by atoms with van der Waals surface area (Å²) in [6.45, 7) is 5.40. The highest BCUT2D eigenvalue weighted by atomic mass is 16.5. The lowest BCUT2D eigenvalue weighted by atomic mass is 10.3. The van der Waals surface area contributed by atoms with Gasteiger partial charge in [0, 0.05) is 37.2 Å². The molecule has 0 aliphatic heterocycles. The van der Waals surface area contributed by atoms with Crippen molar-refractivity contribution in [1.29, 1.82) is 0 Å². The number of carbonyl (C=O) groups is 1. The minimum atomic E-state index is -0.275. The molecule has 0 bridgehead atoms. The number of benzene rings is 1. The SMILES string of the molecule is CCOc1ccc(NC(=O)NCCNc2cc(-n3ccnc3C)ncn2)cc1. The number of urea groups is 1. The lowest BCUT2D eigenvalue weighted by molar-refractivity contribution is 0.252. The lowest BCUT2D eigenvalue weighted by Crippen LogP contribution is -2.32. The number of hydrogen-bond donors (Lipinski definition) is 3. The van der Waals surface area contributed by atoms with E-state index in [-0.39, 0.29) is 6.03 Å². The fourth-order valence-electron chi connectivity index (χ4n) is 2.54. The summed E-state index contributed by atoms with van der Waals surface area (Å²) in [5.74, 6) is 3.02. The van der Waals surface area contributed by atoms with Crippen LogP contribution in [-0.4, -0.2) is 45.2 Å². The minimum absolute atomic E-state index is 0.275. The van der Waals surface area contributed by atoms with Gasteiger partial charge in [-0.25, -0.2) is 19.7 Å². The summed E-state index contributed by atoms with van der Waals surface area (Å²) in [6.07, 6.45) is 5.05. The maximum Gasteiger partial charge on any atom is 0.319 e. The van der Waals surface area contributed by atoms with E-state index in [0.717, 1.165) is 17.4 Å². The Balaban J connectivity index is 1.43. The van der Waals surface area contributed by atoms with Crippen molar-refractivity contribution in [2.24, 2.45) is 0 Å². The van der Waals surface area contributed by atoms with Crippen LogP contribution in [0.4, 0.5) is 16.3 Å². The molecule has 0 saturated carbocycles. The van der Waals surface area contributed by atoms with Gasteiger partial charge in [-0.05, 0) is 38.1 Å². The standard InChI is InChI=1S/C19H23N7O2/c1-3-28-16-6-4-15(5-7-16)25-19(27)22-9-8-21-17-12-18(24-13-23-17)26-11-10-20-14(26)2/h4-7,10-13H,3,8-9H2,1-2H3,(H,21,23,24)(H2,22,25,27). The number of aromatic nitrogens is 4. The van der Waals surface area contributed by atoms with Crippen molar-refractivity contribution in [3.63, 3.8) is 0 Å². The van der Waals surface area contributed by atoms with Crippen LogP contribution in [0.2, 0.25) is 0 Å². The van der Waals surface area contributed by atoms with Crippen molar-refractivity contribution in [3.05, 3.63) is 54.9 Å². The van der Waals surface area contributed by atoms with Crippen molar-refractivity contribution in [2.45, 2.75) is 13.8 Å². The van der Waals surface area contributed by atoms with E-state index in [1.54, 1.807) is 18.3 Å². The van der Waals surface area contributed by atoms with Gasteiger partial charge in [-0.15, -0.1) is 0 Å². The molecule has 9 nitrogen and oxygen atoms in total. The summed E-state index contributed by atoms with van der Waals surface area (Å²) < 4.78 is 7.24. The Hall–Kier alpha value is -3.62. The Morgan fingerprint density at radius 2 is 1.96 bits per heavy atom. The van der Waals surface area contributed by atoms with Crippen molar-refractivity contribution in [1.82, 2.24) is 24.8 Å². The second-order valence-corrected chi connectivity index (χ2v) is 5.87. The number of ether oxygens (including phenoxy) is 1. The second-order valence-electron chi connectivity index (χ2n) is 5.87. The van der Waals surface area contributed by atoms with Crippen LogP contribution in [0, 0.1) is 6.92 Å². The largest absolute Gasteiger partial charge is 0.494 e. The fraction of sp³-hybridized carbons (Fsp3) is 0.263. The van der Waals surface area contributed by atoms with Gasteiger partial charge in [0.1, 0.15) is 29.5 Å². The third-order valence-electron chi connectivity index (χ3n) is 3.87. The van der Waals surface area contributed by atoms with Crippen molar-refractivity contribution in [2.75, 3.05) is 30.3 Å². The number of imidazole rings is 1. The van der Waals surface area contributed by atoms with E-state index < -0.39 is 0 Å². The molecule has 3 N–H and O–H groups in total. The zero-order chi connectivity index (χ0) is 19.8. The number of rotatable bonds is 8. The molecule has 2 heterocycles. The van der Waals surface area contributed by atoms with E-state index in [1.165, 1.54) is 6.33 Å². The van der Waals surface area contributed by atoms with E-state index in [2.05, 4.69) is 30.9 Å². The average Bonchev–Trinajstić information content (AvgIpc) is 3.13. The van der Waals surface area contributed by atoms with Crippen LogP contribution in [0.5, 0.6) is 5.75 Å². The Morgan fingerprint density at radius 3 is 2.68 bits per heavy atom. The molecule has 2 aromatic heterocycles. The highest BCUT2D eigenvalue weighted by Crippen LogP contribution is 2.15. The summed E-state index contributed by atoms with van der Waals surface area (Å²) in [5.41, 5.74) is 0.699. The number of carbonyl (C=O) groups excluding carboxylic acids is 1. The van der Waals surface area contributed by atoms with Gasteiger partial charge in [0.15, 0.2) is 0 Å². The van der Waals surface area contributed by atoms with Crippen LogP contribution in [0.15, 0.2) is 49.1 Å². The quantitative estimate of drug-likeness (QED) is 0.518. The molecule has 2 amide bonds. The number of nitrogens with zero attached hydrogens (tertiary/aromatic N) is 4. The summed E-state index contributed by atoms with van der Waals surface area (Å²) in [6, 6.07) is 8.77. The van der Waals surface area contributed by atoms with Gasteiger partial charge >= 0.3 is 6.03 Å². The number of nitrogens with one attached hydrogen (secondary N) is 3. The first-order chi connectivity index (χ1) is 13.7. The zero-order valence-electron chi connectivity index (χ0n) is 15.8. The second kappa shape index (κ2) is 9.36. The van der Waals surface area contributed by atoms with E-state index >= 15 is 0 Å². The molecule has 28 heavy (non-hydrogen) atoms. The van der Waals surface area contributed by atoms with Crippen LogP contribution < -0.4 is 20.7 Å². The van der Waals surface area contributed by atoms with Crippen LogP contribution in [0.1, 0.15) is 12.7 Å². The average molecular weight is 381 g/mol. The van der Waals surface area contributed by atoms with Gasteiger partial charge in [-0.3, -0.25) is 4.57 Å². The van der Waals surface area contributed by atoms with Gasteiger partial charge in [-0.1, -0.05) is 0 Å². The van der Waals surface area contributed by atoms with E-state index in [9.17, 15) is 4.79 Å². The molecule has 146 valence electrons. The highest BCUT2D eigenvalue weighted by molar-refractivity contribution is 5.89. The maximum absolute atomic E-state index is 12.0. The first-order valence-electron chi connectivity index (χ1n) is 8.99. The van der Waals surface area contributed by atoms with Gasteiger partial charge in [0.2, 0.25) is 0 Å². The van der Waals surface area contributed by atoms with Crippen molar-refractivity contribution in [3.8, 4) is 11.6 Å². The summed E-state index contributed by atoms with van der Waals surface area (Å²) in [7, 11) is 0. The van der Waals surface area contributed by atoms with Crippen LogP contribution in [0.25, 0.3) is 5.82 Å². The molecule has 0 saturated heterocycles. The summed E-state index contributed by atoms with van der Waals surface area (Å²) in [4.78, 5) is 24.6. The normalized spacial score (nSPS) is 10.4. The Bertz CT molecular complexity index is 909. The fourth-order valence-corrected chi connectivity index (χ4v) is 2.54. The molecule has 0 radical (unpaired) electrons. The van der Waals surface area contributed by atoms with Crippen molar-refractivity contribution >= 4 is 17.5 Å². The molecule has 0 spiro atoms. The Morgan fingerprint density at radius 1 is 1.14 bits per heavy atom. The Labute approximate surface area is 163 Å². The smallest absolute Gasteiger partial charge is 0.319 e. The molecule has 0 atom stereocenters. The topological polar surface area (TPSA) is 106 Å². The first kappa shape index (κ1) is 19.2. The molecule has 0 fully saturated rings. The van der Waals surface area contributed by atoms with E-state index in [1.807, 2.05) is 42.8 Å². The van der Waals surface area contributed by atoms with Gasteiger partial charge in [-0.2, -0.15) is 0 Å². The molecule has 0 aliphatic rings. The predicted molar refractivity (Wildman–Crippen MR) is 107 cm³/mol. The molecule has 9 heteroatoms. The molecular formula is C19H23N7O2. The molecule has 3 rings (SSSR count). The monoisotopic (exact) mass is 381 g/mol. The highest BCUT2D eigenvalue weighted by Gasteiger charge is 2.05. The predicted octanol–water partition coefficient (Wildman–Crippen LogP) is 2.60. The zero-order valence-corrected chi connectivity index (χ0v) is 15.8. The molecule has 0 unspecified atom stereocenters. The minimum Gasteiger partial charge on any atom is -0.494 e. The molecule has 3 aromatic rings. The number of amides is 2. The first-order valence-corrected chi connectivity index (χ1v) is 8.99. The number of aryl methyl sites for hydroxylation is 1. The van der Waals surface area contributed by atoms with Crippen LogP contribution in [0.3, 0.4) is 0 Å². The summed E-state index contributed by atoms with van der Waals surface area (Å²) >= 11 is 0. The lowest BCUT2D eigenvalue weighted by Gasteiger charge is -2.10. The Kier molecular flexibility index (Phi) is 6.40. The molecular weight excluding hydrogens is 358 g/mol. The van der Waals surface area contributed by atoms with Crippen LogP contribution >= 0.6 is 0 Å². The number of anilines is 2. The van der Waals surface area contributed by atoms with Crippen molar-refractivity contribution < 1.29 is 9.53 Å². The van der Waals surface area contributed by atoms with E-state index in [4.69, 9.17) is 4.74 Å². The maximum atomic E-state index is 12.0. The van der Waals surface area contributed by atoms with Crippen LogP contribution in [-0.2, 0) is 0 Å². The third kappa shape index (κ3) is 5.19. The number of hydrogen-bond acceptors (Lipinski definition) is 6. The van der Waals surface area contributed by atoms with Gasteiger partial charge in [0.05, 0.1) is 6.61 Å². The van der Waals surface area contributed by atoms with E-state index in [0.29, 0.717) is 31.2 Å². The molecule has 0 aliphatic carbocycles. The molecule has 1 aromatic carbocycles. The summed E-state index contributed by atoms with van der Waals surface area (Å²) in [5, 5.41) is 8.73.